The molecule has 0 bridgehead atoms. The summed E-state index contributed by atoms with van der Waals surface area (Å²) in [5.74, 6) is 0.577. The van der Waals surface area contributed by atoms with Gasteiger partial charge in [-0.05, 0) is 42.8 Å². The zero-order valence-electron chi connectivity index (χ0n) is 20.7. The van der Waals surface area contributed by atoms with E-state index >= 15 is 4.39 Å². The van der Waals surface area contributed by atoms with Crippen LogP contribution in [0.15, 0.2) is 47.8 Å². The summed E-state index contributed by atoms with van der Waals surface area (Å²) < 4.78 is 27.8. The molecule has 1 aliphatic rings. The highest BCUT2D eigenvalue weighted by Gasteiger charge is 2.22. The van der Waals surface area contributed by atoms with Crippen molar-refractivity contribution in [3.63, 3.8) is 0 Å². The molecule has 4 aromatic rings. The highest BCUT2D eigenvalue weighted by molar-refractivity contribution is 7.17. The summed E-state index contributed by atoms with van der Waals surface area (Å²) in [7, 11) is 3.50. The van der Waals surface area contributed by atoms with E-state index in [1.165, 1.54) is 25.4 Å². The van der Waals surface area contributed by atoms with Crippen molar-refractivity contribution in [1.29, 1.82) is 0 Å². The number of aromatic nitrogens is 2. The number of thiophene rings is 1. The highest BCUT2D eigenvalue weighted by atomic mass is 32.1. The maximum atomic E-state index is 15.5. The molecule has 1 fully saturated rings. The lowest BCUT2D eigenvalue weighted by atomic mass is 10.2. The van der Waals surface area contributed by atoms with E-state index in [4.69, 9.17) is 9.47 Å². The molecule has 11 heteroatoms. The number of piperazine rings is 1. The first kappa shape index (κ1) is 24.7. The molecule has 0 saturated carbocycles. The largest absolute Gasteiger partial charge is 0.492 e. The molecule has 1 saturated heterocycles. The highest BCUT2D eigenvalue weighted by Crippen LogP contribution is 2.38. The van der Waals surface area contributed by atoms with Gasteiger partial charge in [-0.25, -0.2) is 9.37 Å². The van der Waals surface area contributed by atoms with Crippen LogP contribution in [0, 0.1) is 5.82 Å². The van der Waals surface area contributed by atoms with E-state index in [9.17, 15) is 4.79 Å². The van der Waals surface area contributed by atoms with Gasteiger partial charge in [0.25, 0.3) is 0 Å². The molecule has 3 heterocycles. The molecule has 0 spiro atoms. The number of nitrogens with zero attached hydrogens (tertiary/aromatic N) is 4. The van der Waals surface area contributed by atoms with Crippen LogP contribution in [-0.4, -0.2) is 61.1 Å². The first-order chi connectivity index (χ1) is 17.9. The van der Waals surface area contributed by atoms with Gasteiger partial charge < -0.3 is 29.9 Å². The first-order valence-corrected chi connectivity index (χ1v) is 12.7. The number of amides is 1. The van der Waals surface area contributed by atoms with E-state index in [0.717, 1.165) is 30.9 Å². The third kappa shape index (κ3) is 5.42. The molecule has 0 radical (unpaired) electrons. The van der Waals surface area contributed by atoms with Crippen LogP contribution in [-0.2, 0) is 4.79 Å². The van der Waals surface area contributed by atoms with Gasteiger partial charge in [0.15, 0.2) is 11.6 Å². The summed E-state index contributed by atoms with van der Waals surface area (Å²) in [5, 5.41) is 7.74. The minimum Gasteiger partial charge on any atom is -0.492 e. The Hall–Kier alpha value is -3.96. The number of likely N-dealkylation sites (N-methyl/N-ethyl adjacent to an activating group) is 1. The second-order valence-corrected chi connectivity index (χ2v) is 9.61. The van der Waals surface area contributed by atoms with E-state index in [2.05, 4.69) is 32.5 Å². The zero-order chi connectivity index (χ0) is 25.9. The lowest BCUT2D eigenvalue weighted by molar-refractivity contribution is -0.114. The van der Waals surface area contributed by atoms with Crippen molar-refractivity contribution >= 4 is 50.5 Å². The normalized spacial score (nSPS) is 14.0. The van der Waals surface area contributed by atoms with Crippen LogP contribution in [0.4, 0.5) is 27.4 Å². The van der Waals surface area contributed by atoms with Crippen molar-refractivity contribution in [2.75, 3.05) is 55.9 Å². The second-order valence-electron chi connectivity index (χ2n) is 8.69. The van der Waals surface area contributed by atoms with E-state index in [1.54, 1.807) is 36.4 Å². The third-order valence-electron chi connectivity index (χ3n) is 6.01. The first-order valence-electron chi connectivity index (χ1n) is 11.8. The van der Waals surface area contributed by atoms with Crippen LogP contribution >= 0.6 is 11.3 Å². The second kappa shape index (κ2) is 10.6. The Morgan fingerprint density at radius 3 is 2.68 bits per heavy atom. The Morgan fingerprint density at radius 2 is 1.92 bits per heavy atom. The molecule has 2 aromatic heterocycles. The number of fused-ring (bicyclic) bond motifs is 1. The Morgan fingerprint density at radius 1 is 1.11 bits per heavy atom. The van der Waals surface area contributed by atoms with Gasteiger partial charge >= 0.3 is 0 Å². The molecular formula is C26H27FN6O3S. The summed E-state index contributed by atoms with van der Waals surface area (Å²) in [5.41, 5.74) is 2.21. The number of carbonyl (C=O) groups excluding carboxylic acids is 1. The van der Waals surface area contributed by atoms with Gasteiger partial charge in [0.05, 0.1) is 24.0 Å². The van der Waals surface area contributed by atoms with Crippen LogP contribution in [0.5, 0.6) is 17.4 Å². The molecule has 1 amide bonds. The molecule has 5 rings (SSSR count). The van der Waals surface area contributed by atoms with E-state index in [1.807, 2.05) is 16.3 Å². The van der Waals surface area contributed by atoms with Gasteiger partial charge in [0.1, 0.15) is 10.4 Å². The topological polar surface area (TPSA) is 91.8 Å². The average molecular weight is 523 g/mol. The molecule has 2 N–H and O–H groups in total. The van der Waals surface area contributed by atoms with Crippen LogP contribution in [0.3, 0.4) is 0 Å². The fourth-order valence-corrected chi connectivity index (χ4v) is 4.93. The Balaban J connectivity index is 1.44. The molecule has 2 aromatic carbocycles. The number of nitrogens with one attached hydrogen (secondary N) is 2. The van der Waals surface area contributed by atoms with Crippen molar-refractivity contribution in [2.24, 2.45) is 0 Å². The lowest BCUT2D eigenvalue weighted by Crippen LogP contribution is -2.44. The summed E-state index contributed by atoms with van der Waals surface area (Å²) in [4.78, 5) is 24.8. The minimum absolute atomic E-state index is 0.0934. The molecule has 0 unspecified atom stereocenters. The van der Waals surface area contributed by atoms with Crippen molar-refractivity contribution < 1.29 is 18.7 Å². The van der Waals surface area contributed by atoms with Gasteiger partial charge in [-0.2, -0.15) is 4.98 Å². The molecule has 192 valence electrons. The molecule has 9 nitrogen and oxygen atoms in total. The van der Waals surface area contributed by atoms with Crippen molar-refractivity contribution in [3.05, 3.63) is 53.7 Å². The molecule has 0 atom stereocenters. The van der Waals surface area contributed by atoms with Crippen molar-refractivity contribution in [3.8, 4) is 17.4 Å². The Kier molecular flexibility index (Phi) is 7.06. The number of ether oxygens (including phenoxy) is 2. The Labute approximate surface area is 217 Å². The molecule has 37 heavy (non-hydrogen) atoms. The van der Waals surface area contributed by atoms with Crippen LogP contribution < -0.4 is 25.0 Å². The standard InChI is InChI=1S/C26H27FN6O3S/c1-16(34)28-17-5-4-6-18(15-17)36-25-24-20(9-14-37-24)30-26(31-25)29-19-7-8-21(22(27)23(19)35-3)33-12-10-32(2)11-13-33/h4-9,14-15H,10-13H2,1-3H3,(H,28,34)(H,29,30,31). The fraction of sp³-hybridized carbons (Fsp3) is 0.269. The van der Waals surface area contributed by atoms with E-state index in [0.29, 0.717) is 34.2 Å². The SMILES string of the molecule is COc1c(Nc2nc(Oc3cccc(NC(C)=O)c3)c3sccc3n2)ccc(N2CCN(C)CC2)c1F. The van der Waals surface area contributed by atoms with Gasteiger partial charge in [-0.3, -0.25) is 4.79 Å². The maximum Gasteiger partial charge on any atom is 0.242 e. The van der Waals surface area contributed by atoms with E-state index < -0.39 is 5.82 Å². The number of rotatable bonds is 7. The minimum atomic E-state index is -0.431. The number of anilines is 4. The summed E-state index contributed by atoms with van der Waals surface area (Å²) in [6.45, 7) is 4.66. The van der Waals surface area contributed by atoms with Gasteiger partial charge in [-0.1, -0.05) is 6.07 Å². The van der Waals surface area contributed by atoms with Crippen LogP contribution in [0.2, 0.25) is 0 Å². The van der Waals surface area contributed by atoms with Crippen LogP contribution in [0.1, 0.15) is 6.92 Å². The molecule has 1 aliphatic heterocycles. The van der Waals surface area contributed by atoms with Crippen LogP contribution in [0.25, 0.3) is 10.2 Å². The maximum absolute atomic E-state index is 15.5. The predicted molar refractivity (Wildman–Crippen MR) is 144 cm³/mol. The number of halogens is 1. The van der Waals surface area contributed by atoms with E-state index in [-0.39, 0.29) is 17.6 Å². The number of carbonyl (C=O) groups is 1. The number of benzene rings is 2. The predicted octanol–water partition coefficient (Wildman–Crippen LogP) is 5.09. The smallest absolute Gasteiger partial charge is 0.242 e. The number of hydrogen-bond donors (Lipinski definition) is 2. The average Bonchev–Trinajstić information content (AvgIpc) is 3.34. The zero-order valence-corrected chi connectivity index (χ0v) is 21.6. The lowest BCUT2D eigenvalue weighted by Gasteiger charge is -2.34. The van der Waals surface area contributed by atoms with Gasteiger partial charge in [0.2, 0.25) is 17.7 Å². The number of methoxy groups -OCH3 is 1. The van der Waals surface area contributed by atoms with Crippen molar-refractivity contribution in [2.45, 2.75) is 6.92 Å². The summed E-state index contributed by atoms with van der Waals surface area (Å²) >= 11 is 1.45. The molecular weight excluding hydrogens is 495 g/mol. The quantitative estimate of drug-likeness (QED) is 0.347. The van der Waals surface area contributed by atoms with Crippen molar-refractivity contribution in [1.82, 2.24) is 14.9 Å². The van der Waals surface area contributed by atoms with Gasteiger partial charge in [0, 0.05) is 44.9 Å². The monoisotopic (exact) mass is 522 g/mol. The fourth-order valence-electron chi connectivity index (χ4n) is 4.17. The van der Waals surface area contributed by atoms with Gasteiger partial charge in [-0.15, -0.1) is 11.3 Å². The summed E-state index contributed by atoms with van der Waals surface area (Å²) in [6, 6.07) is 12.4. The molecule has 0 aliphatic carbocycles. The third-order valence-corrected chi connectivity index (χ3v) is 6.90. The summed E-state index contributed by atoms with van der Waals surface area (Å²) in [6.07, 6.45) is 0. The Bertz CT molecular complexity index is 1440. The number of hydrogen-bond acceptors (Lipinski definition) is 9.